The molecule has 0 bridgehead atoms. The Morgan fingerprint density at radius 1 is 1.41 bits per heavy atom. The zero-order valence-electron chi connectivity index (χ0n) is 10.6. The molecule has 2 nitrogen and oxygen atoms in total. The van der Waals surface area contributed by atoms with Crippen molar-refractivity contribution in [1.29, 1.82) is 0 Å². The summed E-state index contributed by atoms with van der Waals surface area (Å²) in [6, 6.07) is 5.93. The van der Waals surface area contributed by atoms with Crippen molar-refractivity contribution in [1.82, 2.24) is 0 Å². The van der Waals surface area contributed by atoms with Gasteiger partial charge in [-0.05, 0) is 30.0 Å². The van der Waals surface area contributed by atoms with Gasteiger partial charge in [0.15, 0.2) is 0 Å². The van der Waals surface area contributed by atoms with Crippen molar-refractivity contribution < 1.29 is 9.53 Å². The van der Waals surface area contributed by atoms with Crippen LogP contribution in [-0.4, -0.2) is 12.4 Å². The molecule has 0 spiro atoms. The highest BCUT2D eigenvalue weighted by Crippen LogP contribution is 2.25. The lowest BCUT2D eigenvalue weighted by Gasteiger charge is -2.10. The number of benzene rings is 1. The van der Waals surface area contributed by atoms with E-state index in [1.807, 2.05) is 12.1 Å². The van der Waals surface area contributed by atoms with Gasteiger partial charge in [-0.25, -0.2) is 0 Å². The summed E-state index contributed by atoms with van der Waals surface area (Å²) >= 11 is 6.11. The van der Waals surface area contributed by atoms with Gasteiger partial charge >= 0.3 is 0 Å². The Balaban J connectivity index is 2.54. The van der Waals surface area contributed by atoms with Crippen LogP contribution in [0.15, 0.2) is 18.2 Å². The minimum absolute atomic E-state index is 0.156. The average molecular weight is 255 g/mol. The average Bonchev–Trinajstić information content (AvgIpc) is 2.25. The molecule has 17 heavy (non-hydrogen) atoms. The Kier molecular flexibility index (Phi) is 5.66. The van der Waals surface area contributed by atoms with E-state index in [2.05, 4.69) is 19.9 Å². The first kappa shape index (κ1) is 14.2. The molecule has 0 radical (unpaired) electrons. The van der Waals surface area contributed by atoms with Gasteiger partial charge in [0.05, 0.1) is 13.2 Å². The van der Waals surface area contributed by atoms with E-state index in [0.29, 0.717) is 25.6 Å². The molecule has 0 saturated carbocycles. The van der Waals surface area contributed by atoms with Crippen LogP contribution >= 0.6 is 11.6 Å². The minimum atomic E-state index is 0.156. The molecular weight excluding hydrogens is 236 g/mol. The fourth-order valence-corrected chi connectivity index (χ4v) is 1.87. The second-order valence-corrected chi connectivity index (χ2v) is 4.92. The predicted molar refractivity (Wildman–Crippen MR) is 70.5 cm³/mol. The lowest BCUT2D eigenvalue weighted by atomic mass is 10.0. The highest BCUT2D eigenvalue weighted by Gasteiger charge is 2.06. The van der Waals surface area contributed by atoms with E-state index in [1.54, 1.807) is 6.92 Å². The van der Waals surface area contributed by atoms with Crippen LogP contribution in [0.3, 0.4) is 0 Å². The molecule has 0 fully saturated rings. The number of hydrogen-bond donors (Lipinski definition) is 0. The maximum Gasteiger partial charge on any atom is 0.132 e. The molecule has 1 aromatic rings. The van der Waals surface area contributed by atoms with Crippen molar-refractivity contribution in [2.45, 2.75) is 39.7 Å². The summed E-state index contributed by atoms with van der Waals surface area (Å²) in [5, 5.41) is 0.799. The van der Waals surface area contributed by atoms with E-state index >= 15 is 0 Å². The monoisotopic (exact) mass is 254 g/mol. The predicted octanol–water partition coefficient (Wildman–Crippen LogP) is 3.96. The Morgan fingerprint density at radius 2 is 2.12 bits per heavy atom. The van der Waals surface area contributed by atoms with Gasteiger partial charge in [-0.3, -0.25) is 4.79 Å². The first-order valence-corrected chi connectivity index (χ1v) is 6.24. The maximum atomic E-state index is 10.7. The molecule has 3 heteroatoms. The number of carbonyl (C=O) groups is 1. The first-order chi connectivity index (χ1) is 8.00. The van der Waals surface area contributed by atoms with E-state index in [4.69, 9.17) is 16.3 Å². The second-order valence-electron chi connectivity index (χ2n) is 4.52. The lowest BCUT2D eigenvalue weighted by molar-refractivity contribution is -0.118. The zero-order valence-corrected chi connectivity index (χ0v) is 11.4. The van der Waals surface area contributed by atoms with Gasteiger partial charge in [0.1, 0.15) is 5.78 Å². The molecule has 0 aliphatic carbocycles. The van der Waals surface area contributed by atoms with E-state index in [-0.39, 0.29) is 5.78 Å². The quantitative estimate of drug-likeness (QED) is 0.719. The first-order valence-electron chi connectivity index (χ1n) is 5.86. The van der Waals surface area contributed by atoms with Crippen LogP contribution in [0.4, 0.5) is 0 Å². The molecule has 0 atom stereocenters. The fraction of sp³-hybridized carbons (Fsp3) is 0.500. The Labute approximate surface area is 108 Å². The SMILES string of the molecule is CC(=O)CCOCc1ccc(Cl)c(C(C)C)c1. The van der Waals surface area contributed by atoms with E-state index < -0.39 is 0 Å². The van der Waals surface area contributed by atoms with E-state index in [9.17, 15) is 4.79 Å². The number of Topliss-reactive ketones (excluding diaryl/α,β-unsaturated/α-hetero) is 1. The summed E-state index contributed by atoms with van der Waals surface area (Å²) in [6.45, 7) is 6.81. The van der Waals surface area contributed by atoms with Gasteiger partial charge < -0.3 is 4.74 Å². The summed E-state index contributed by atoms with van der Waals surface area (Å²) in [5.74, 6) is 0.559. The van der Waals surface area contributed by atoms with Gasteiger partial charge in [-0.15, -0.1) is 0 Å². The topological polar surface area (TPSA) is 26.3 Å². The summed E-state index contributed by atoms with van der Waals surface area (Å²) < 4.78 is 5.44. The van der Waals surface area contributed by atoms with Crippen molar-refractivity contribution in [2.75, 3.05) is 6.61 Å². The summed E-state index contributed by atoms with van der Waals surface area (Å²) in [6.07, 6.45) is 0.477. The number of ketones is 1. The highest BCUT2D eigenvalue weighted by molar-refractivity contribution is 6.31. The molecule has 0 heterocycles. The number of rotatable bonds is 6. The Hall–Kier alpha value is -0.860. The van der Waals surface area contributed by atoms with Crippen molar-refractivity contribution in [3.63, 3.8) is 0 Å². The van der Waals surface area contributed by atoms with Crippen molar-refractivity contribution >= 4 is 17.4 Å². The summed E-state index contributed by atoms with van der Waals surface area (Å²) in [4.78, 5) is 10.7. The van der Waals surface area contributed by atoms with Gasteiger partial charge in [0.2, 0.25) is 0 Å². The van der Waals surface area contributed by atoms with Crippen molar-refractivity contribution in [3.8, 4) is 0 Å². The van der Waals surface area contributed by atoms with Gasteiger partial charge in [-0.1, -0.05) is 37.6 Å². The zero-order chi connectivity index (χ0) is 12.8. The molecule has 0 saturated heterocycles. The van der Waals surface area contributed by atoms with Gasteiger partial charge in [0.25, 0.3) is 0 Å². The maximum absolute atomic E-state index is 10.7. The second kappa shape index (κ2) is 6.77. The summed E-state index contributed by atoms with van der Waals surface area (Å²) in [5.41, 5.74) is 2.24. The van der Waals surface area contributed by atoms with Crippen LogP contribution < -0.4 is 0 Å². The lowest BCUT2D eigenvalue weighted by Crippen LogP contribution is -2.01. The normalized spacial score (nSPS) is 10.9. The molecule has 1 aromatic carbocycles. The van der Waals surface area contributed by atoms with Gasteiger partial charge in [0, 0.05) is 11.4 Å². The molecular formula is C14H19ClO2. The fourth-order valence-electron chi connectivity index (χ4n) is 1.53. The third-order valence-corrected chi connectivity index (χ3v) is 2.89. The molecule has 0 N–H and O–H groups in total. The molecule has 0 amide bonds. The smallest absolute Gasteiger partial charge is 0.132 e. The van der Waals surface area contributed by atoms with Crippen LogP contribution in [0.5, 0.6) is 0 Å². The van der Waals surface area contributed by atoms with Crippen LogP contribution in [0, 0.1) is 0 Å². The van der Waals surface area contributed by atoms with Crippen LogP contribution in [0.25, 0.3) is 0 Å². The van der Waals surface area contributed by atoms with Crippen molar-refractivity contribution in [3.05, 3.63) is 34.3 Å². The number of carbonyl (C=O) groups excluding carboxylic acids is 1. The molecule has 94 valence electrons. The van der Waals surface area contributed by atoms with E-state index in [0.717, 1.165) is 16.1 Å². The summed E-state index contributed by atoms with van der Waals surface area (Å²) in [7, 11) is 0. The number of halogens is 1. The van der Waals surface area contributed by atoms with Crippen molar-refractivity contribution in [2.24, 2.45) is 0 Å². The third-order valence-electron chi connectivity index (χ3n) is 2.55. The van der Waals surface area contributed by atoms with Gasteiger partial charge in [-0.2, -0.15) is 0 Å². The van der Waals surface area contributed by atoms with Crippen LogP contribution in [0.2, 0.25) is 5.02 Å². The standard InChI is InChI=1S/C14H19ClO2/c1-10(2)13-8-12(4-5-14(13)15)9-17-7-6-11(3)16/h4-5,8,10H,6-7,9H2,1-3H3. The molecule has 1 rings (SSSR count). The molecule has 0 aliphatic rings. The minimum Gasteiger partial charge on any atom is -0.376 e. The Morgan fingerprint density at radius 3 is 2.71 bits per heavy atom. The van der Waals surface area contributed by atoms with Crippen LogP contribution in [-0.2, 0) is 16.1 Å². The molecule has 0 unspecified atom stereocenters. The molecule has 0 aliphatic heterocycles. The van der Waals surface area contributed by atoms with Crippen LogP contribution in [0.1, 0.15) is 44.2 Å². The number of ether oxygens (including phenoxy) is 1. The Bertz CT molecular complexity index is 386. The highest BCUT2D eigenvalue weighted by atomic mass is 35.5. The van der Waals surface area contributed by atoms with E-state index in [1.165, 1.54) is 0 Å². The number of hydrogen-bond acceptors (Lipinski definition) is 2. The largest absolute Gasteiger partial charge is 0.376 e. The third kappa shape index (κ3) is 4.88. The molecule has 0 aromatic heterocycles.